The Morgan fingerprint density at radius 2 is 2.20 bits per heavy atom. The molecule has 128 valence electrons. The summed E-state index contributed by atoms with van der Waals surface area (Å²) in [5.41, 5.74) is 0.754. The van der Waals surface area contributed by atoms with Crippen molar-refractivity contribution in [2.75, 3.05) is 17.2 Å². The highest BCUT2D eigenvalue weighted by atomic mass is 35.5. The predicted molar refractivity (Wildman–Crippen MR) is 103 cm³/mol. The third-order valence-electron chi connectivity index (χ3n) is 4.10. The molecule has 0 unspecified atom stereocenters. The first-order valence-electron chi connectivity index (χ1n) is 7.79. The van der Waals surface area contributed by atoms with Crippen LogP contribution in [0.3, 0.4) is 0 Å². The Hall–Kier alpha value is -1.83. The van der Waals surface area contributed by atoms with Crippen LogP contribution in [0.5, 0.6) is 0 Å². The number of aromatic nitrogens is 2. The minimum Gasteiger partial charge on any atom is -0.310 e. The molecule has 1 aliphatic rings. The fraction of sp³-hybridized carbons (Fsp3) is 0.235. The number of benzene rings is 1. The summed E-state index contributed by atoms with van der Waals surface area (Å²) in [6.07, 6.45) is 1.76. The first-order valence-corrected chi connectivity index (χ1v) is 10.0. The van der Waals surface area contributed by atoms with Gasteiger partial charge in [0.05, 0.1) is 17.4 Å². The third-order valence-corrected chi connectivity index (χ3v) is 6.20. The van der Waals surface area contributed by atoms with Crippen molar-refractivity contribution in [2.24, 2.45) is 0 Å². The van der Waals surface area contributed by atoms with E-state index in [0.29, 0.717) is 23.5 Å². The Kier molecular flexibility index (Phi) is 4.54. The van der Waals surface area contributed by atoms with E-state index < -0.39 is 0 Å². The zero-order valence-corrected chi connectivity index (χ0v) is 15.5. The molecule has 5 nitrogen and oxygen atoms in total. The average molecular weight is 392 g/mol. The number of amides is 1. The zero-order valence-electron chi connectivity index (χ0n) is 13.1. The van der Waals surface area contributed by atoms with Crippen LogP contribution in [0.2, 0.25) is 5.02 Å². The lowest BCUT2D eigenvalue weighted by atomic mass is 10.2. The van der Waals surface area contributed by atoms with Crippen LogP contribution in [0, 0.1) is 0 Å². The van der Waals surface area contributed by atoms with Gasteiger partial charge in [-0.05, 0) is 29.6 Å². The van der Waals surface area contributed by atoms with Gasteiger partial charge in [0.2, 0.25) is 5.91 Å². The van der Waals surface area contributed by atoms with Gasteiger partial charge in [0.1, 0.15) is 4.83 Å². The number of halogens is 1. The van der Waals surface area contributed by atoms with E-state index in [1.807, 2.05) is 23.6 Å². The fourth-order valence-electron chi connectivity index (χ4n) is 2.85. The minimum absolute atomic E-state index is 0.0128. The topological polar surface area (TPSA) is 55.2 Å². The highest BCUT2D eigenvalue weighted by Gasteiger charge is 2.23. The molecule has 1 amide bonds. The van der Waals surface area contributed by atoms with Gasteiger partial charge in [0.25, 0.3) is 5.56 Å². The monoisotopic (exact) mass is 391 g/mol. The minimum atomic E-state index is -0.100. The van der Waals surface area contributed by atoms with Crippen molar-refractivity contribution in [1.82, 2.24) is 9.55 Å². The van der Waals surface area contributed by atoms with Gasteiger partial charge in [-0.1, -0.05) is 11.6 Å². The molecule has 0 saturated carbocycles. The van der Waals surface area contributed by atoms with E-state index in [2.05, 4.69) is 4.98 Å². The maximum atomic E-state index is 12.7. The normalized spacial score (nSPS) is 13.9. The molecule has 0 saturated heterocycles. The van der Waals surface area contributed by atoms with E-state index in [0.717, 1.165) is 21.2 Å². The Bertz CT molecular complexity index is 1010. The molecule has 0 atom stereocenters. The molecule has 3 aromatic rings. The van der Waals surface area contributed by atoms with Crippen LogP contribution in [-0.2, 0) is 11.3 Å². The Balaban J connectivity index is 1.54. The van der Waals surface area contributed by atoms with Crippen molar-refractivity contribution < 1.29 is 4.79 Å². The molecule has 4 rings (SSSR count). The van der Waals surface area contributed by atoms with Crippen molar-refractivity contribution in [2.45, 2.75) is 17.9 Å². The number of carbonyl (C=O) groups is 1. The van der Waals surface area contributed by atoms with E-state index in [1.165, 1.54) is 22.2 Å². The summed E-state index contributed by atoms with van der Waals surface area (Å²) in [5.74, 6) is 0.837. The van der Waals surface area contributed by atoms with E-state index >= 15 is 0 Å². The summed E-state index contributed by atoms with van der Waals surface area (Å²) in [4.78, 5) is 32.9. The molecule has 0 fully saturated rings. The van der Waals surface area contributed by atoms with Crippen LogP contribution >= 0.6 is 34.7 Å². The van der Waals surface area contributed by atoms with Gasteiger partial charge < -0.3 is 4.90 Å². The van der Waals surface area contributed by atoms with E-state index in [9.17, 15) is 9.59 Å². The molecule has 0 spiro atoms. The average Bonchev–Trinajstić information content (AvgIpc) is 3.10. The molecule has 3 heterocycles. The molecule has 0 aliphatic carbocycles. The SMILES string of the molecule is O=C(CCn1cnc2sccc2c1=O)N1CCSc2ccc(Cl)cc21. The van der Waals surface area contributed by atoms with E-state index in [-0.39, 0.29) is 17.9 Å². The maximum absolute atomic E-state index is 12.7. The summed E-state index contributed by atoms with van der Waals surface area (Å²) in [7, 11) is 0. The van der Waals surface area contributed by atoms with Crippen LogP contribution in [0.4, 0.5) is 5.69 Å². The summed E-state index contributed by atoms with van der Waals surface area (Å²) >= 11 is 9.24. The lowest BCUT2D eigenvalue weighted by Crippen LogP contribution is -2.36. The molecule has 8 heteroatoms. The summed E-state index contributed by atoms with van der Waals surface area (Å²) in [5, 5.41) is 3.06. The molecular formula is C17H14ClN3O2S2. The van der Waals surface area contributed by atoms with Gasteiger partial charge >= 0.3 is 0 Å². The smallest absolute Gasteiger partial charge is 0.262 e. The quantitative estimate of drug-likeness (QED) is 0.684. The molecule has 2 aromatic heterocycles. The van der Waals surface area contributed by atoms with Crippen LogP contribution in [0.15, 0.2) is 45.7 Å². The van der Waals surface area contributed by atoms with Gasteiger partial charge in [-0.25, -0.2) is 4.98 Å². The zero-order chi connectivity index (χ0) is 17.4. The first kappa shape index (κ1) is 16.6. The van der Waals surface area contributed by atoms with Crippen molar-refractivity contribution in [1.29, 1.82) is 0 Å². The lowest BCUT2D eigenvalue weighted by molar-refractivity contribution is -0.118. The largest absolute Gasteiger partial charge is 0.310 e. The van der Waals surface area contributed by atoms with Gasteiger partial charge in [0.15, 0.2) is 0 Å². The van der Waals surface area contributed by atoms with Crippen molar-refractivity contribution >= 4 is 56.5 Å². The molecule has 1 aliphatic heterocycles. The van der Waals surface area contributed by atoms with Gasteiger partial charge in [-0.2, -0.15) is 0 Å². The third kappa shape index (κ3) is 3.19. The van der Waals surface area contributed by atoms with Crippen molar-refractivity contribution in [3.05, 3.63) is 51.3 Å². The second kappa shape index (κ2) is 6.82. The summed E-state index contributed by atoms with van der Waals surface area (Å²) in [6.45, 7) is 0.962. The molecule has 0 N–H and O–H groups in total. The summed E-state index contributed by atoms with van der Waals surface area (Å²) < 4.78 is 1.50. The van der Waals surface area contributed by atoms with Crippen LogP contribution in [0.1, 0.15) is 6.42 Å². The number of thioether (sulfide) groups is 1. The number of hydrogen-bond acceptors (Lipinski definition) is 5. The number of carbonyl (C=O) groups excluding carboxylic acids is 1. The number of fused-ring (bicyclic) bond motifs is 2. The predicted octanol–water partition coefficient (Wildman–Crippen LogP) is 3.64. The number of rotatable bonds is 3. The van der Waals surface area contributed by atoms with Crippen molar-refractivity contribution in [3.63, 3.8) is 0 Å². The number of hydrogen-bond donors (Lipinski definition) is 0. The highest BCUT2D eigenvalue weighted by Crippen LogP contribution is 2.36. The Labute approximate surface area is 157 Å². The number of thiophene rings is 1. The number of anilines is 1. The highest BCUT2D eigenvalue weighted by molar-refractivity contribution is 7.99. The molecule has 0 radical (unpaired) electrons. The van der Waals surface area contributed by atoms with Crippen LogP contribution < -0.4 is 10.5 Å². The van der Waals surface area contributed by atoms with Crippen LogP contribution in [-0.4, -0.2) is 27.8 Å². The molecule has 0 bridgehead atoms. The Morgan fingerprint density at radius 1 is 1.32 bits per heavy atom. The van der Waals surface area contributed by atoms with Gasteiger partial charge in [-0.15, -0.1) is 23.1 Å². The number of nitrogens with zero attached hydrogens (tertiary/aromatic N) is 3. The molecule has 25 heavy (non-hydrogen) atoms. The Morgan fingerprint density at radius 3 is 3.08 bits per heavy atom. The maximum Gasteiger partial charge on any atom is 0.262 e. The van der Waals surface area contributed by atoms with Crippen molar-refractivity contribution in [3.8, 4) is 0 Å². The van der Waals surface area contributed by atoms with Gasteiger partial charge in [0, 0.05) is 35.2 Å². The molecular weight excluding hydrogens is 378 g/mol. The van der Waals surface area contributed by atoms with Gasteiger partial charge in [-0.3, -0.25) is 14.2 Å². The van der Waals surface area contributed by atoms with E-state index in [4.69, 9.17) is 11.6 Å². The van der Waals surface area contributed by atoms with Crippen LogP contribution in [0.25, 0.3) is 10.2 Å². The fourth-order valence-corrected chi connectivity index (χ4v) is 4.72. The van der Waals surface area contributed by atoms with E-state index in [1.54, 1.807) is 22.7 Å². The summed E-state index contributed by atoms with van der Waals surface area (Å²) in [6, 6.07) is 7.38. The standard InChI is InChI=1S/C17H14ClN3O2S2/c18-11-1-2-14-13(9-11)21(6-8-24-14)15(22)3-5-20-10-19-16-12(17(20)23)4-7-25-16/h1-2,4,7,9-10H,3,5-6,8H2. The molecule has 1 aromatic carbocycles. The first-order chi connectivity index (χ1) is 12.1. The number of aryl methyl sites for hydroxylation is 1. The second-order valence-corrected chi connectivity index (χ2v) is 8.11. The second-order valence-electron chi connectivity index (χ2n) is 5.64. The lowest BCUT2D eigenvalue weighted by Gasteiger charge is -2.29.